The van der Waals surface area contributed by atoms with Crippen LogP contribution in [0.2, 0.25) is 5.82 Å². The number of benzene rings is 2. The van der Waals surface area contributed by atoms with Crippen LogP contribution < -0.4 is 5.32 Å². The number of piperidine rings is 1. The molecule has 196 valence electrons. The summed E-state index contributed by atoms with van der Waals surface area (Å²) in [6, 6.07) is 16.8. The number of β-amino-alcohol motifs (C(OH)–C–C–N with tert-alkyl or cyclic N) is 1. The van der Waals surface area contributed by atoms with E-state index in [4.69, 9.17) is 12.6 Å². The number of hydrogen-bond acceptors (Lipinski definition) is 5. The van der Waals surface area contributed by atoms with Gasteiger partial charge in [-0.05, 0) is 49.7 Å². The van der Waals surface area contributed by atoms with Crippen LogP contribution in [0.1, 0.15) is 49.3 Å². The standard InChI is InChI=1S/C30H39BN2O4/c1-20-11-13-22(14-12-20)15-27(32-30(36)37-19-23-7-4-3-5-8-23)29(35)18-33-17-25-24(9-6-10-26(25)31)16-28(33)21(2)34/h3-5,7-8,11-14,24-29,35H,6,9-10,15-19H2,1-2H3,(H,32,36)/t24-,25+,26?,27-,28-,29+/m0/s1. The van der Waals surface area contributed by atoms with E-state index in [0.717, 1.165) is 42.4 Å². The van der Waals surface area contributed by atoms with Gasteiger partial charge in [0.25, 0.3) is 0 Å². The lowest BCUT2D eigenvalue weighted by Crippen LogP contribution is -2.57. The molecule has 4 rings (SSSR count). The SMILES string of the molecule is [B]C1CCC[C@H]2C[C@@H](C(C)=O)N(C[C@@H](O)[C@H](Cc3ccc(C)cc3)NC(=O)OCc3ccccc3)C[C@@H]12. The van der Waals surface area contributed by atoms with Crippen LogP contribution in [-0.2, 0) is 22.6 Å². The quantitative estimate of drug-likeness (QED) is 0.502. The third-order valence-electron chi connectivity index (χ3n) is 8.13. The molecule has 1 amide bonds. The predicted molar refractivity (Wildman–Crippen MR) is 145 cm³/mol. The monoisotopic (exact) mass is 502 g/mol. The molecule has 0 spiro atoms. The van der Waals surface area contributed by atoms with Crippen molar-refractivity contribution in [3.8, 4) is 0 Å². The number of fused-ring (bicyclic) bond motifs is 1. The molecule has 1 aliphatic carbocycles. The van der Waals surface area contributed by atoms with Gasteiger partial charge in [-0.2, -0.15) is 0 Å². The summed E-state index contributed by atoms with van der Waals surface area (Å²) < 4.78 is 5.45. The van der Waals surface area contributed by atoms with E-state index in [1.165, 1.54) is 0 Å². The van der Waals surface area contributed by atoms with Crippen LogP contribution in [0, 0.1) is 18.8 Å². The summed E-state index contributed by atoms with van der Waals surface area (Å²) >= 11 is 0. The molecule has 2 aromatic carbocycles. The summed E-state index contributed by atoms with van der Waals surface area (Å²) in [5, 5.41) is 14.3. The van der Waals surface area contributed by atoms with Crippen molar-refractivity contribution < 1.29 is 19.4 Å². The summed E-state index contributed by atoms with van der Waals surface area (Å²) in [5.74, 6) is 1.03. The maximum Gasteiger partial charge on any atom is 0.407 e. The third-order valence-corrected chi connectivity index (χ3v) is 8.13. The number of amides is 1. The molecule has 1 saturated carbocycles. The molecule has 2 fully saturated rings. The Morgan fingerprint density at radius 3 is 2.54 bits per heavy atom. The number of rotatable bonds is 9. The van der Waals surface area contributed by atoms with Gasteiger partial charge < -0.3 is 15.2 Å². The molecular formula is C30H39BN2O4. The highest BCUT2D eigenvalue weighted by Crippen LogP contribution is 2.43. The zero-order valence-electron chi connectivity index (χ0n) is 22.0. The number of carbonyl (C=O) groups is 2. The van der Waals surface area contributed by atoms with E-state index in [9.17, 15) is 14.7 Å². The first-order chi connectivity index (χ1) is 17.8. The number of carbonyl (C=O) groups excluding carboxylic acids is 2. The normalized spacial score (nSPS) is 25.5. The summed E-state index contributed by atoms with van der Waals surface area (Å²) in [6.07, 6.45) is 3.02. The first kappa shape index (κ1) is 27.4. The van der Waals surface area contributed by atoms with Crippen molar-refractivity contribution in [1.82, 2.24) is 10.2 Å². The lowest BCUT2D eigenvalue weighted by Gasteiger charge is -2.49. The molecule has 0 bridgehead atoms. The van der Waals surface area contributed by atoms with Crippen molar-refractivity contribution in [2.75, 3.05) is 13.1 Å². The summed E-state index contributed by atoms with van der Waals surface area (Å²) in [4.78, 5) is 27.4. The zero-order valence-corrected chi connectivity index (χ0v) is 22.0. The van der Waals surface area contributed by atoms with Crippen LogP contribution in [0.25, 0.3) is 0 Å². The van der Waals surface area contributed by atoms with Crippen molar-refractivity contribution in [2.45, 2.75) is 76.6 Å². The smallest absolute Gasteiger partial charge is 0.407 e. The molecule has 1 saturated heterocycles. The number of alkyl carbamates (subject to hydrolysis) is 1. The van der Waals surface area contributed by atoms with Gasteiger partial charge in [0.2, 0.25) is 0 Å². The number of aliphatic hydroxyl groups excluding tert-OH is 1. The highest BCUT2D eigenvalue weighted by Gasteiger charge is 2.42. The van der Waals surface area contributed by atoms with Gasteiger partial charge in [-0.25, -0.2) is 4.79 Å². The van der Waals surface area contributed by atoms with Gasteiger partial charge in [-0.1, -0.05) is 85.2 Å². The van der Waals surface area contributed by atoms with E-state index < -0.39 is 18.2 Å². The highest BCUT2D eigenvalue weighted by molar-refractivity contribution is 6.11. The number of nitrogens with zero attached hydrogens (tertiary/aromatic N) is 1. The second kappa shape index (κ2) is 12.7. The lowest BCUT2D eigenvalue weighted by atomic mass is 9.60. The Morgan fingerprint density at radius 1 is 1.11 bits per heavy atom. The average molecular weight is 502 g/mol. The minimum Gasteiger partial charge on any atom is -0.445 e. The summed E-state index contributed by atoms with van der Waals surface area (Å²) in [7, 11) is 6.48. The molecule has 37 heavy (non-hydrogen) atoms. The molecule has 1 heterocycles. The van der Waals surface area contributed by atoms with Gasteiger partial charge in [0.1, 0.15) is 12.4 Å². The highest BCUT2D eigenvalue weighted by atomic mass is 16.5. The molecular weight excluding hydrogens is 463 g/mol. The molecule has 2 N–H and O–H groups in total. The fourth-order valence-electron chi connectivity index (χ4n) is 5.97. The van der Waals surface area contributed by atoms with E-state index in [-0.39, 0.29) is 30.8 Å². The number of ether oxygens (including phenoxy) is 1. The average Bonchev–Trinajstić information content (AvgIpc) is 2.89. The minimum atomic E-state index is -0.885. The molecule has 2 aromatic rings. The van der Waals surface area contributed by atoms with Gasteiger partial charge in [-0.15, -0.1) is 0 Å². The van der Waals surface area contributed by atoms with Crippen molar-refractivity contribution in [1.29, 1.82) is 0 Å². The predicted octanol–water partition coefficient (Wildman–Crippen LogP) is 4.23. The van der Waals surface area contributed by atoms with Gasteiger partial charge >= 0.3 is 6.09 Å². The number of likely N-dealkylation sites (tertiary alicyclic amines) is 1. The van der Waals surface area contributed by atoms with Gasteiger partial charge in [-0.3, -0.25) is 9.69 Å². The molecule has 2 radical (unpaired) electrons. The fraction of sp³-hybridized carbons (Fsp3) is 0.533. The molecule has 1 unspecified atom stereocenters. The second-order valence-electron chi connectivity index (χ2n) is 10.9. The number of hydrogen-bond donors (Lipinski definition) is 2. The van der Waals surface area contributed by atoms with Crippen molar-refractivity contribution in [2.24, 2.45) is 11.8 Å². The molecule has 6 atom stereocenters. The number of Topliss-reactive ketones (excluding diaryl/α,β-unsaturated/α-hetero) is 1. The molecule has 7 heteroatoms. The van der Waals surface area contributed by atoms with E-state index in [2.05, 4.69) is 10.2 Å². The first-order valence-electron chi connectivity index (χ1n) is 13.5. The topological polar surface area (TPSA) is 78.9 Å². The maximum absolute atomic E-state index is 12.7. The zero-order chi connectivity index (χ0) is 26.4. The summed E-state index contributed by atoms with van der Waals surface area (Å²) in [6.45, 7) is 4.80. The Morgan fingerprint density at radius 2 is 1.84 bits per heavy atom. The summed E-state index contributed by atoms with van der Waals surface area (Å²) in [5.41, 5.74) is 3.05. The Labute approximate surface area is 222 Å². The Hall–Kier alpha value is -2.64. The van der Waals surface area contributed by atoms with E-state index in [1.54, 1.807) is 6.92 Å². The molecule has 0 aromatic heterocycles. The van der Waals surface area contributed by atoms with Crippen LogP contribution in [-0.4, -0.2) is 61.0 Å². The van der Waals surface area contributed by atoms with Crippen molar-refractivity contribution in [3.63, 3.8) is 0 Å². The molecule has 2 aliphatic rings. The van der Waals surface area contributed by atoms with Crippen molar-refractivity contribution in [3.05, 3.63) is 71.3 Å². The van der Waals surface area contributed by atoms with Crippen LogP contribution in [0.15, 0.2) is 54.6 Å². The lowest BCUT2D eigenvalue weighted by molar-refractivity contribution is -0.126. The van der Waals surface area contributed by atoms with E-state index >= 15 is 0 Å². The van der Waals surface area contributed by atoms with Crippen molar-refractivity contribution >= 4 is 19.7 Å². The van der Waals surface area contributed by atoms with Gasteiger partial charge in [0.05, 0.1) is 26.0 Å². The second-order valence-corrected chi connectivity index (χ2v) is 10.9. The van der Waals surface area contributed by atoms with Crippen LogP contribution in [0.4, 0.5) is 4.79 Å². The van der Waals surface area contributed by atoms with Gasteiger partial charge in [0.15, 0.2) is 0 Å². The molecule has 6 nitrogen and oxygen atoms in total. The number of aryl methyl sites for hydroxylation is 1. The Bertz CT molecular complexity index is 1030. The fourth-order valence-corrected chi connectivity index (χ4v) is 5.97. The number of nitrogens with one attached hydrogen (secondary N) is 1. The number of ketones is 1. The minimum absolute atomic E-state index is 0.120. The van der Waals surface area contributed by atoms with E-state index in [1.807, 2.05) is 61.5 Å². The maximum atomic E-state index is 12.7. The molecule has 1 aliphatic heterocycles. The Balaban J connectivity index is 1.46. The van der Waals surface area contributed by atoms with Crippen LogP contribution >= 0.6 is 0 Å². The number of aliphatic hydroxyl groups is 1. The third kappa shape index (κ3) is 7.45. The largest absolute Gasteiger partial charge is 0.445 e. The first-order valence-corrected chi connectivity index (χ1v) is 13.5. The Kier molecular flexibility index (Phi) is 9.44. The van der Waals surface area contributed by atoms with Gasteiger partial charge in [0, 0.05) is 13.1 Å². The van der Waals surface area contributed by atoms with E-state index in [0.29, 0.717) is 24.8 Å². The van der Waals surface area contributed by atoms with Crippen LogP contribution in [0.3, 0.4) is 0 Å². The van der Waals surface area contributed by atoms with Crippen LogP contribution in [0.5, 0.6) is 0 Å².